The van der Waals surface area contributed by atoms with Crippen molar-refractivity contribution in [1.29, 1.82) is 0 Å². The van der Waals surface area contributed by atoms with Crippen LogP contribution >= 0.6 is 23.6 Å². The van der Waals surface area contributed by atoms with E-state index in [0.29, 0.717) is 0 Å². The van der Waals surface area contributed by atoms with Crippen LogP contribution in [0.3, 0.4) is 0 Å². The summed E-state index contributed by atoms with van der Waals surface area (Å²) in [6.45, 7) is 2.08. The van der Waals surface area contributed by atoms with Crippen molar-refractivity contribution in [2.24, 2.45) is 0 Å². The fourth-order valence-corrected chi connectivity index (χ4v) is 2.30. The van der Waals surface area contributed by atoms with Crippen LogP contribution in [0.5, 0.6) is 0 Å². The van der Waals surface area contributed by atoms with Crippen molar-refractivity contribution in [3.8, 4) is 0 Å². The zero-order valence-corrected chi connectivity index (χ0v) is 11.4. The van der Waals surface area contributed by atoms with E-state index in [0.717, 1.165) is 3.95 Å². The molecule has 0 amide bonds. The second kappa shape index (κ2) is 3.78. The minimum atomic E-state index is 0. The average molecular weight is 247 g/mol. The summed E-state index contributed by atoms with van der Waals surface area (Å²) in [6, 6.07) is 6.22. The Bertz CT molecular complexity index is 443. The fraction of sp³-hybridized carbons (Fsp3) is 0.125. The van der Waals surface area contributed by atoms with Gasteiger partial charge in [-0.1, -0.05) is 12.1 Å². The third-order valence-electron chi connectivity index (χ3n) is 1.66. The van der Waals surface area contributed by atoms with Gasteiger partial charge in [0, 0.05) is 19.5 Å². The molecule has 2 aromatic rings. The van der Waals surface area contributed by atoms with Gasteiger partial charge in [0.05, 0.1) is 10.2 Å². The quantitative estimate of drug-likeness (QED) is 0.557. The van der Waals surface area contributed by atoms with Crippen LogP contribution in [-0.2, 0) is 19.5 Å². The molecule has 0 saturated carbocycles. The molecule has 0 saturated heterocycles. The fourth-order valence-electron chi connectivity index (χ4n) is 1.11. The number of hydrogen-bond acceptors (Lipinski definition) is 2. The molecule has 12 heavy (non-hydrogen) atoms. The molecule has 4 heteroatoms. The number of H-pyrrole nitrogens is 1. The number of rotatable bonds is 0. The maximum absolute atomic E-state index is 5.04. The summed E-state index contributed by atoms with van der Waals surface area (Å²) in [5.74, 6) is 0. The molecule has 0 spiro atoms. The molecule has 0 unspecified atom stereocenters. The second-order valence-corrected chi connectivity index (χ2v) is 4.18. The van der Waals surface area contributed by atoms with Crippen molar-refractivity contribution < 1.29 is 19.5 Å². The summed E-state index contributed by atoms with van der Waals surface area (Å²) in [7, 11) is 0. The van der Waals surface area contributed by atoms with Gasteiger partial charge in [-0.25, -0.2) is 0 Å². The Labute approximate surface area is 92.6 Å². The largest absolute Gasteiger partial charge is 0.337 e. The summed E-state index contributed by atoms with van der Waals surface area (Å²) in [5, 5.41) is 0. The van der Waals surface area contributed by atoms with E-state index >= 15 is 0 Å². The molecule has 1 aromatic carbocycles. The van der Waals surface area contributed by atoms with Crippen LogP contribution < -0.4 is 0 Å². The predicted molar refractivity (Wildman–Crippen MR) is 51.7 cm³/mol. The molecule has 58 valence electrons. The number of nitrogens with one attached hydrogen (secondary N) is 1. The molecule has 0 aliphatic carbocycles. The summed E-state index contributed by atoms with van der Waals surface area (Å²) >= 11 is 6.66. The predicted octanol–water partition coefficient (Wildman–Crippen LogP) is 3.26. The molecule has 0 atom stereocenters. The third-order valence-corrected chi connectivity index (χ3v) is 2.86. The molecule has 1 heterocycles. The Morgan fingerprint density at radius 1 is 1.42 bits per heavy atom. The summed E-state index contributed by atoms with van der Waals surface area (Å²) in [4.78, 5) is 3.16. The molecule has 2 rings (SSSR count). The number of aromatic amines is 1. The molecule has 0 bridgehead atoms. The number of thiazole rings is 1. The first-order valence-electron chi connectivity index (χ1n) is 3.36. The van der Waals surface area contributed by atoms with Crippen LogP contribution in [0, 0.1) is 10.9 Å². The molecule has 1 nitrogen and oxygen atoms in total. The van der Waals surface area contributed by atoms with Crippen molar-refractivity contribution in [3.05, 3.63) is 27.7 Å². The van der Waals surface area contributed by atoms with E-state index in [4.69, 9.17) is 12.2 Å². The van der Waals surface area contributed by atoms with Crippen LogP contribution in [0.2, 0.25) is 0 Å². The maximum atomic E-state index is 5.04. The Hall–Kier alpha value is -0.0466. The summed E-state index contributed by atoms with van der Waals surface area (Å²) < 4.78 is 2.10. The standard InChI is InChI=1S/C8H7NS2.Zn/c1-5-3-2-4-6-7(5)9-8(10)11-6;/h2-4H,1H3,(H,9,10);. The van der Waals surface area contributed by atoms with Crippen molar-refractivity contribution in [3.63, 3.8) is 0 Å². The topological polar surface area (TPSA) is 15.8 Å². The minimum absolute atomic E-state index is 0. The second-order valence-electron chi connectivity index (χ2n) is 2.46. The van der Waals surface area contributed by atoms with Gasteiger partial charge in [0.15, 0.2) is 3.95 Å². The van der Waals surface area contributed by atoms with Gasteiger partial charge in [-0.15, -0.1) is 11.3 Å². The number of aromatic nitrogens is 1. The van der Waals surface area contributed by atoms with E-state index in [1.54, 1.807) is 11.3 Å². The molecule has 0 fully saturated rings. The van der Waals surface area contributed by atoms with Gasteiger partial charge in [0.25, 0.3) is 0 Å². The van der Waals surface area contributed by atoms with Gasteiger partial charge < -0.3 is 4.98 Å². The van der Waals surface area contributed by atoms with Crippen LogP contribution in [-0.4, -0.2) is 4.98 Å². The number of aryl methyl sites for hydroxylation is 1. The zero-order chi connectivity index (χ0) is 7.84. The van der Waals surface area contributed by atoms with E-state index < -0.39 is 0 Å². The Balaban J connectivity index is 0.000000720. The molecular weight excluding hydrogens is 240 g/mol. The summed E-state index contributed by atoms with van der Waals surface area (Å²) in [5.41, 5.74) is 2.44. The van der Waals surface area contributed by atoms with Crippen LogP contribution in [0.4, 0.5) is 0 Å². The molecule has 1 N–H and O–H groups in total. The molecule has 0 aliphatic rings. The SMILES string of the molecule is Cc1cccc2sc(=S)[nH]c12.[Zn]. The van der Waals surface area contributed by atoms with E-state index in [9.17, 15) is 0 Å². The van der Waals surface area contributed by atoms with Crippen LogP contribution in [0.15, 0.2) is 18.2 Å². The van der Waals surface area contributed by atoms with E-state index in [-0.39, 0.29) is 19.5 Å². The Morgan fingerprint density at radius 2 is 2.17 bits per heavy atom. The normalized spacial score (nSPS) is 9.75. The number of para-hydroxylation sites is 1. The number of hydrogen-bond donors (Lipinski definition) is 1. The molecule has 1 aromatic heterocycles. The van der Waals surface area contributed by atoms with Crippen molar-refractivity contribution in [2.45, 2.75) is 6.92 Å². The van der Waals surface area contributed by atoms with E-state index in [1.165, 1.54) is 15.8 Å². The average Bonchev–Trinajstić information content (AvgIpc) is 2.31. The van der Waals surface area contributed by atoms with Gasteiger partial charge in [-0.2, -0.15) is 0 Å². The maximum Gasteiger partial charge on any atom is 0.159 e. The first-order valence-corrected chi connectivity index (χ1v) is 4.58. The number of fused-ring (bicyclic) bond motifs is 1. The molecule has 0 aliphatic heterocycles. The van der Waals surface area contributed by atoms with Gasteiger partial charge in [-0.3, -0.25) is 0 Å². The Morgan fingerprint density at radius 3 is 2.83 bits per heavy atom. The first kappa shape index (κ1) is 10.0. The summed E-state index contributed by atoms with van der Waals surface area (Å²) in [6.07, 6.45) is 0. The number of benzene rings is 1. The van der Waals surface area contributed by atoms with Crippen LogP contribution in [0.1, 0.15) is 5.56 Å². The van der Waals surface area contributed by atoms with Gasteiger partial charge in [0.2, 0.25) is 0 Å². The molecule has 0 radical (unpaired) electrons. The monoisotopic (exact) mass is 245 g/mol. The third kappa shape index (κ3) is 1.66. The van der Waals surface area contributed by atoms with Gasteiger partial charge in [0.1, 0.15) is 0 Å². The Kier molecular flexibility index (Phi) is 3.16. The van der Waals surface area contributed by atoms with Crippen molar-refractivity contribution >= 4 is 33.8 Å². The van der Waals surface area contributed by atoms with Gasteiger partial charge >= 0.3 is 0 Å². The van der Waals surface area contributed by atoms with E-state index in [1.807, 2.05) is 0 Å². The van der Waals surface area contributed by atoms with Gasteiger partial charge in [-0.05, 0) is 30.8 Å². The minimum Gasteiger partial charge on any atom is -0.337 e. The first-order chi connectivity index (χ1) is 5.27. The zero-order valence-electron chi connectivity index (χ0n) is 6.76. The van der Waals surface area contributed by atoms with Crippen molar-refractivity contribution in [2.75, 3.05) is 0 Å². The van der Waals surface area contributed by atoms with Crippen molar-refractivity contribution in [1.82, 2.24) is 4.98 Å². The smallest absolute Gasteiger partial charge is 0.159 e. The van der Waals surface area contributed by atoms with E-state index in [2.05, 4.69) is 30.1 Å². The molecular formula is C8H7NS2Zn. The van der Waals surface area contributed by atoms with Crippen LogP contribution in [0.25, 0.3) is 10.2 Å².